The van der Waals surface area contributed by atoms with Crippen molar-refractivity contribution in [3.8, 4) is 0 Å². The fourth-order valence-electron chi connectivity index (χ4n) is 3.84. The number of nitrogens with one attached hydrogen (secondary N) is 2. The lowest BCUT2D eigenvalue weighted by Crippen LogP contribution is -2.52. The van der Waals surface area contributed by atoms with Gasteiger partial charge in [-0.1, -0.05) is 29.8 Å². The molecule has 1 aliphatic heterocycles. The molecule has 9 heteroatoms. The average Bonchev–Trinajstić information content (AvgIpc) is 2.73. The highest BCUT2D eigenvalue weighted by Gasteiger charge is 2.28. The minimum Gasteiger partial charge on any atom is -0.351 e. The zero-order valence-corrected chi connectivity index (χ0v) is 17.7. The molecule has 1 atom stereocenters. The fraction of sp³-hybridized carbons (Fsp3) is 0.409. The first-order valence-electron chi connectivity index (χ1n) is 10.3. The summed E-state index contributed by atoms with van der Waals surface area (Å²) in [5.41, 5.74) is 2.05. The van der Waals surface area contributed by atoms with Gasteiger partial charge in [-0.15, -0.1) is 0 Å². The number of anilines is 1. The van der Waals surface area contributed by atoms with Crippen LogP contribution in [0.3, 0.4) is 0 Å². The predicted octanol–water partition coefficient (Wildman–Crippen LogP) is 2.13. The third kappa shape index (κ3) is 6.00. The van der Waals surface area contributed by atoms with Crippen LogP contribution in [0.2, 0.25) is 0 Å². The number of pyridine rings is 1. The first-order valence-corrected chi connectivity index (χ1v) is 10.3. The van der Waals surface area contributed by atoms with E-state index in [2.05, 4.69) is 15.6 Å². The van der Waals surface area contributed by atoms with Crippen molar-refractivity contribution in [1.82, 2.24) is 15.6 Å². The molecule has 2 aromatic rings. The number of amides is 2. The number of aromatic nitrogens is 1. The Balaban J connectivity index is 1.61. The van der Waals surface area contributed by atoms with Crippen molar-refractivity contribution < 1.29 is 14.5 Å². The third-order valence-electron chi connectivity index (χ3n) is 5.32. The van der Waals surface area contributed by atoms with Gasteiger partial charge in [-0.2, -0.15) is 0 Å². The molecule has 0 saturated carbocycles. The normalized spacial score (nSPS) is 15.2. The van der Waals surface area contributed by atoms with Crippen LogP contribution in [0.5, 0.6) is 0 Å². The topological polar surface area (TPSA) is 117 Å². The van der Waals surface area contributed by atoms with Crippen LogP contribution in [0, 0.1) is 17.0 Å². The highest BCUT2D eigenvalue weighted by Crippen LogP contribution is 2.27. The number of nitro groups is 1. The van der Waals surface area contributed by atoms with Crippen molar-refractivity contribution in [2.75, 3.05) is 18.0 Å². The lowest BCUT2D eigenvalue weighted by atomic mass is 10.0. The monoisotopic (exact) mass is 425 g/mol. The quantitative estimate of drug-likeness (QED) is 0.518. The summed E-state index contributed by atoms with van der Waals surface area (Å²) in [7, 11) is 0. The molecular formula is C22H27N5O4. The first-order chi connectivity index (χ1) is 14.8. The van der Waals surface area contributed by atoms with E-state index in [0.717, 1.165) is 11.1 Å². The van der Waals surface area contributed by atoms with Gasteiger partial charge in [0.2, 0.25) is 17.6 Å². The summed E-state index contributed by atoms with van der Waals surface area (Å²) in [6.07, 6.45) is 3.22. The molecule has 0 bridgehead atoms. The minimum atomic E-state index is -0.658. The van der Waals surface area contributed by atoms with Crippen LogP contribution in [0.4, 0.5) is 11.5 Å². The largest absolute Gasteiger partial charge is 0.351 e. The number of nitrogens with zero attached hydrogens (tertiary/aromatic N) is 3. The molecule has 2 heterocycles. The Morgan fingerprint density at radius 2 is 2.00 bits per heavy atom. The van der Waals surface area contributed by atoms with E-state index < -0.39 is 11.0 Å². The van der Waals surface area contributed by atoms with Crippen LogP contribution in [-0.2, 0) is 16.0 Å². The highest BCUT2D eigenvalue weighted by molar-refractivity contribution is 5.87. The number of benzene rings is 1. The van der Waals surface area contributed by atoms with Crippen molar-refractivity contribution in [2.45, 2.75) is 45.2 Å². The first kappa shape index (κ1) is 22.2. The predicted molar refractivity (Wildman–Crippen MR) is 117 cm³/mol. The average molecular weight is 425 g/mol. The van der Waals surface area contributed by atoms with Gasteiger partial charge in [0.15, 0.2) is 0 Å². The Bertz CT molecular complexity index is 956. The Kier molecular flexibility index (Phi) is 7.17. The number of carbonyl (C=O) groups excluding carboxylic acids is 2. The van der Waals surface area contributed by atoms with E-state index in [1.165, 1.54) is 13.0 Å². The van der Waals surface area contributed by atoms with Crippen molar-refractivity contribution >= 4 is 23.3 Å². The van der Waals surface area contributed by atoms with Crippen LogP contribution in [-0.4, -0.2) is 46.9 Å². The molecule has 1 aliphatic rings. The zero-order valence-electron chi connectivity index (χ0n) is 17.7. The van der Waals surface area contributed by atoms with Gasteiger partial charge >= 0.3 is 5.69 Å². The maximum absolute atomic E-state index is 12.9. The standard InChI is InChI=1S/C22H27N5O4/c1-15-5-3-6-17(13-15)14-19(24-16(2)28)22(29)25-18-8-11-26(12-9-18)21-20(27(30)31)7-4-10-23-21/h3-7,10,13,18-19H,8-9,11-12,14H2,1-2H3,(H,24,28)(H,25,29)/t19-/m1/s1. The maximum Gasteiger partial charge on any atom is 0.311 e. The van der Waals surface area contributed by atoms with E-state index in [1.54, 1.807) is 12.3 Å². The number of hydrogen-bond donors (Lipinski definition) is 2. The Morgan fingerprint density at radius 3 is 2.65 bits per heavy atom. The second-order valence-electron chi connectivity index (χ2n) is 7.82. The van der Waals surface area contributed by atoms with Crippen LogP contribution in [0.15, 0.2) is 42.6 Å². The Hall–Kier alpha value is -3.49. The SMILES string of the molecule is CC(=O)N[C@H](Cc1cccc(C)c1)C(=O)NC1CCN(c2ncccc2[N+](=O)[O-])CC1. The van der Waals surface area contributed by atoms with Gasteiger partial charge in [-0.05, 0) is 31.4 Å². The molecule has 0 aliphatic carbocycles. The summed E-state index contributed by atoms with van der Waals surface area (Å²) < 4.78 is 0. The lowest BCUT2D eigenvalue weighted by molar-refractivity contribution is -0.384. The zero-order chi connectivity index (χ0) is 22.4. The van der Waals surface area contributed by atoms with E-state index in [-0.39, 0.29) is 23.5 Å². The molecule has 0 radical (unpaired) electrons. The van der Waals surface area contributed by atoms with Crippen molar-refractivity contribution in [3.63, 3.8) is 0 Å². The summed E-state index contributed by atoms with van der Waals surface area (Å²) in [6.45, 7) is 4.47. The van der Waals surface area contributed by atoms with E-state index in [9.17, 15) is 19.7 Å². The molecule has 9 nitrogen and oxygen atoms in total. The van der Waals surface area contributed by atoms with Gasteiger partial charge in [0.25, 0.3) is 0 Å². The molecule has 2 amide bonds. The van der Waals surface area contributed by atoms with Gasteiger partial charge in [-0.25, -0.2) is 4.98 Å². The second-order valence-corrected chi connectivity index (χ2v) is 7.82. The van der Waals surface area contributed by atoms with Crippen LogP contribution < -0.4 is 15.5 Å². The molecule has 0 unspecified atom stereocenters. The Morgan fingerprint density at radius 1 is 1.26 bits per heavy atom. The summed E-state index contributed by atoms with van der Waals surface area (Å²) in [4.78, 5) is 41.4. The van der Waals surface area contributed by atoms with Crippen LogP contribution >= 0.6 is 0 Å². The van der Waals surface area contributed by atoms with Crippen LogP contribution in [0.25, 0.3) is 0 Å². The molecule has 164 valence electrons. The van der Waals surface area contributed by atoms with Gasteiger partial charge in [-0.3, -0.25) is 19.7 Å². The molecule has 1 fully saturated rings. The maximum atomic E-state index is 12.9. The number of rotatable bonds is 7. The number of hydrogen-bond acceptors (Lipinski definition) is 6. The molecule has 1 saturated heterocycles. The number of aryl methyl sites for hydroxylation is 1. The molecule has 1 aromatic heterocycles. The summed E-state index contributed by atoms with van der Waals surface area (Å²) in [6, 6.07) is 10.1. The highest BCUT2D eigenvalue weighted by atomic mass is 16.6. The number of carbonyl (C=O) groups is 2. The van der Waals surface area contributed by atoms with Gasteiger partial charge in [0.05, 0.1) is 4.92 Å². The second kappa shape index (κ2) is 10.0. The van der Waals surface area contributed by atoms with E-state index in [1.807, 2.05) is 36.1 Å². The molecule has 31 heavy (non-hydrogen) atoms. The van der Waals surface area contributed by atoms with Gasteiger partial charge < -0.3 is 15.5 Å². The van der Waals surface area contributed by atoms with E-state index in [4.69, 9.17) is 0 Å². The molecule has 2 N–H and O–H groups in total. The molecule has 0 spiro atoms. The van der Waals surface area contributed by atoms with E-state index in [0.29, 0.717) is 38.2 Å². The van der Waals surface area contributed by atoms with E-state index >= 15 is 0 Å². The lowest BCUT2D eigenvalue weighted by Gasteiger charge is -2.33. The third-order valence-corrected chi connectivity index (χ3v) is 5.32. The molecule has 3 rings (SSSR count). The summed E-state index contributed by atoms with van der Waals surface area (Å²) in [5, 5.41) is 17.0. The van der Waals surface area contributed by atoms with Crippen LogP contribution in [0.1, 0.15) is 30.9 Å². The molecule has 1 aromatic carbocycles. The van der Waals surface area contributed by atoms with Gasteiger partial charge in [0, 0.05) is 44.7 Å². The van der Waals surface area contributed by atoms with Crippen molar-refractivity contribution in [3.05, 3.63) is 63.8 Å². The van der Waals surface area contributed by atoms with Crippen molar-refractivity contribution in [1.29, 1.82) is 0 Å². The fourth-order valence-corrected chi connectivity index (χ4v) is 3.84. The number of piperidine rings is 1. The minimum absolute atomic E-state index is 0.0196. The van der Waals surface area contributed by atoms with Crippen molar-refractivity contribution in [2.24, 2.45) is 0 Å². The smallest absolute Gasteiger partial charge is 0.311 e. The Labute approximate surface area is 181 Å². The van der Waals surface area contributed by atoms with Gasteiger partial charge in [0.1, 0.15) is 6.04 Å². The summed E-state index contributed by atoms with van der Waals surface area (Å²) in [5.74, 6) is -0.128. The molecular weight excluding hydrogens is 398 g/mol. The summed E-state index contributed by atoms with van der Waals surface area (Å²) >= 11 is 0.